The predicted molar refractivity (Wildman–Crippen MR) is 129 cm³/mol. The Balaban J connectivity index is 1.57. The Morgan fingerprint density at radius 2 is 1.52 bits per heavy atom. The van der Waals surface area contributed by atoms with Crippen molar-refractivity contribution in [3.63, 3.8) is 0 Å². The van der Waals surface area contributed by atoms with Gasteiger partial charge in [0, 0.05) is 50.4 Å². The molecule has 8 nitrogen and oxygen atoms in total. The highest BCUT2D eigenvalue weighted by molar-refractivity contribution is 5.95. The number of halogens is 7. The van der Waals surface area contributed by atoms with Crippen LogP contribution < -0.4 is 10.6 Å². The monoisotopic (exact) mass is 580 g/mol. The molecule has 0 aliphatic carbocycles. The average molecular weight is 581 g/mol. The fourth-order valence-electron chi connectivity index (χ4n) is 4.05. The first-order chi connectivity index (χ1) is 18.5. The molecule has 0 bridgehead atoms. The van der Waals surface area contributed by atoms with E-state index in [0.29, 0.717) is 30.8 Å². The minimum atomic E-state index is -5.97. The average Bonchev–Trinajstić information content (AvgIpc) is 2.87. The molecular formula is C25H27F7N4O4. The number of nitrogens with one attached hydrogen (secondary N) is 2. The second-order valence-electron chi connectivity index (χ2n) is 9.35. The normalized spacial score (nSPS) is 16.0. The second kappa shape index (κ2) is 12.0. The Kier molecular flexibility index (Phi) is 9.31. The molecule has 0 saturated carbocycles. The lowest BCUT2D eigenvalue weighted by Crippen LogP contribution is -2.53. The van der Waals surface area contributed by atoms with Crippen LogP contribution in [-0.2, 0) is 12.1 Å². The number of hydrogen-bond donors (Lipinski definition) is 4. The number of aliphatic hydroxyl groups excluding tert-OH is 1. The van der Waals surface area contributed by atoms with Crippen molar-refractivity contribution in [2.75, 3.05) is 38.0 Å². The molecule has 1 aliphatic rings. The Labute approximate surface area is 224 Å². The van der Waals surface area contributed by atoms with Crippen LogP contribution in [0.3, 0.4) is 0 Å². The van der Waals surface area contributed by atoms with E-state index in [9.17, 15) is 50.5 Å². The zero-order chi connectivity index (χ0) is 29.9. The largest absolute Gasteiger partial charge is 0.430 e. The third kappa shape index (κ3) is 7.01. The van der Waals surface area contributed by atoms with Crippen molar-refractivity contribution in [1.29, 1.82) is 0 Å². The predicted octanol–water partition coefficient (Wildman–Crippen LogP) is 3.60. The summed E-state index contributed by atoms with van der Waals surface area (Å²) in [5.41, 5.74) is -6.07. The first kappa shape index (κ1) is 31.1. The summed E-state index contributed by atoms with van der Waals surface area (Å²) in [6, 6.07) is 6.11. The van der Waals surface area contributed by atoms with Crippen LogP contribution in [0.2, 0.25) is 0 Å². The molecule has 220 valence electrons. The lowest BCUT2D eigenvalue weighted by atomic mass is 9.91. The van der Waals surface area contributed by atoms with Gasteiger partial charge in [0.2, 0.25) is 0 Å². The SMILES string of the molecule is CC(O)CNC(=O)Nc1ccc(C(=O)N2CCN(Cc3ccc(C(O)(C(F)(F)F)C(F)(F)F)cc3)CC2)cc1F. The lowest BCUT2D eigenvalue weighted by molar-refractivity contribution is -0.376. The molecule has 1 saturated heterocycles. The van der Waals surface area contributed by atoms with Crippen LogP contribution in [0, 0.1) is 5.82 Å². The third-order valence-corrected chi connectivity index (χ3v) is 6.28. The fourth-order valence-corrected chi connectivity index (χ4v) is 4.05. The van der Waals surface area contributed by atoms with Crippen molar-refractivity contribution in [3.8, 4) is 0 Å². The first-order valence-electron chi connectivity index (χ1n) is 12.0. The smallest absolute Gasteiger partial charge is 0.392 e. The maximum atomic E-state index is 14.5. The molecule has 4 N–H and O–H groups in total. The van der Waals surface area contributed by atoms with E-state index in [2.05, 4.69) is 10.6 Å². The van der Waals surface area contributed by atoms with Crippen LogP contribution in [0.5, 0.6) is 0 Å². The number of carbonyl (C=O) groups is 2. The summed E-state index contributed by atoms with van der Waals surface area (Å²) in [6.45, 7) is 2.69. The summed E-state index contributed by atoms with van der Waals surface area (Å²) in [7, 11) is 0. The number of rotatable bonds is 7. The summed E-state index contributed by atoms with van der Waals surface area (Å²) in [5.74, 6) is -1.31. The molecule has 0 aromatic heterocycles. The van der Waals surface area contributed by atoms with Gasteiger partial charge in [-0.25, -0.2) is 9.18 Å². The van der Waals surface area contributed by atoms with Crippen molar-refractivity contribution in [2.24, 2.45) is 0 Å². The minimum Gasteiger partial charge on any atom is -0.392 e. The quantitative estimate of drug-likeness (QED) is 0.375. The molecule has 1 atom stereocenters. The Morgan fingerprint density at radius 3 is 2.02 bits per heavy atom. The third-order valence-electron chi connectivity index (χ3n) is 6.28. The van der Waals surface area contributed by atoms with Crippen molar-refractivity contribution < 1.29 is 50.5 Å². The van der Waals surface area contributed by atoms with Gasteiger partial charge < -0.3 is 25.7 Å². The number of carbonyl (C=O) groups excluding carboxylic acids is 2. The highest BCUT2D eigenvalue weighted by Crippen LogP contribution is 2.49. The van der Waals surface area contributed by atoms with E-state index in [1.54, 1.807) is 0 Å². The Morgan fingerprint density at radius 1 is 0.950 bits per heavy atom. The van der Waals surface area contributed by atoms with Gasteiger partial charge >= 0.3 is 18.4 Å². The van der Waals surface area contributed by atoms with Gasteiger partial charge in [0.25, 0.3) is 11.5 Å². The number of urea groups is 1. The van der Waals surface area contributed by atoms with Crippen LogP contribution >= 0.6 is 0 Å². The number of hydrogen-bond acceptors (Lipinski definition) is 5. The molecule has 15 heteroatoms. The molecule has 2 aromatic rings. The van der Waals surface area contributed by atoms with Crippen molar-refractivity contribution in [1.82, 2.24) is 15.1 Å². The van der Waals surface area contributed by atoms with E-state index >= 15 is 0 Å². The van der Waals surface area contributed by atoms with Crippen LogP contribution in [0.4, 0.5) is 41.2 Å². The van der Waals surface area contributed by atoms with E-state index in [0.717, 1.165) is 18.2 Å². The molecule has 1 unspecified atom stereocenters. The standard InChI is InChI=1S/C25H27F7N4O4/c1-15(37)13-33-22(39)34-20-7-4-17(12-19(20)26)21(38)36-10-8-35(9-11-36)14-16-2-5-18(6-3-16)23(40,24(27,28)29)25(30,31)32/h2-7,12,15,37,40H,8-11,13-14H2,1H3,(H2,33,34,39). The molecular weight excluding hydrogens is 553 g/mol. The topological polar surface area (TPSA) is 105 Å². The van der Waals surface area contributed by atoms with E-state index in [-0.39, 0.29) is 37.4 Å². The summed E-state index contributed by atoms with van der Waals surface area (Å²) in [4.78, 5) is 27.9. The Hall–Kier alpha value is -3.43. The second-order valence-corrected chi connectivity index (χ2v) is 9.35. The number of aliphatic hydroxyl groups is 2. The van der Waals surface area contributed by atoms with Crippen molar-refractivity contribution >= 4 is 17.6 Å². The van der Waals surface area contributed by atoms with Gasteiger partial charge in [-0.2, -0.15) is 26.3 Å². The van der Waals surface area contributed by atoms with Gasteiger partial charge in [-0.3, -0.25) is 9.69 Å². The maximum absolute atomic E-state index is 14.5. The van der Waals surface area contributed by atoms with Gasteiger partial charge in [0.15, 0.2) is 0 Å². The molecule has 3 rings (SSSR count). The number of amides is 3. The number of nitrogens with zero attached hydrogens (tertiary/aromatic N) is 2. The number of anilines is 1. The molecule has 1 aliphatic heterocycles. The highest BCUT2D eigenvalue weighted by atomic mass is 19.4. The maximum Gasteiger partial charge on any atom is 0.430 e. The van der Waals surface area contributed by atoms with Gasteiger partial charge in [-0.05, 0) is 30.7 Å². The fraction of sp³-hybridized carbons (Fsp3) is 0.440. The zero-order valence-electron chi connectivity index (χ0n) is 21.1. The van der Waals surface area contributed by atoms with Crippen molar-refractivity contribution in [3.05, 3.63) is 65.0 Å². The van der Waals surface area contributed by atoms with Crippen molar-refractivity contribution in [2.45, 2.75) is 37.5 Å². The number of piperazine rings is 1. The van der Waals surface area contributed by atoms with Gasteiger partial charge in [-0.15, -0.1) is 0 Å². The Bertz CT molecular complexity index is 1180. The van der Waals surface area contributed by atoms with Crippen LogP contribution in [0.25, 0.3) is 0 Å². The van der Waals surface area contributed by atoms with Crippen LogP contribution in [0.1, 0.15) is 28.4 Å². The summed E-state index contributed by atoms with van der Waals surface area (Å²) < 4.78 is 92.9. The van der Waals surface area contributed by atoms with E-state index in [1.807, 2.05) is 4.90 Å². The zero-order valence-corrected chi connectivity index (χ0v) is 21.1. The molecule has 1 heterocycles. The molecule has 0 radical (unpaired) electrons. The number of alkyl halides is 6. The number of benzene rings is 2. The summed E-state index contributed by atoms with van der Waals surface area (Å²) in [5, 5.41) is 23.3. The lowest BCUT2D eigenvalue weighted by Gasteiger charge is -2.35. The van der Waals surface area contributed by atoms with E-state index in [1.165, 1.54) is 24.0 Å². The van der Waals surface area contributed by atoms with Crippen LogP contribution in [-0.4, -0.2) is 83.1 Å². The molecule has 1 fully saturated rings. The summed E-state index contributed by atoms with van der Waals surface area (Å²) >= 11 is 0. The molecule has 40 heavy (non-hydrogen) atoms. The van der Waals surface area contributed by atoms with E-state index in [4.69, 9.17) is 0 Å². The van der Waals surface area contributed by atoms with E-state index < -0.39 is 47.4 Å². The van der Waals surface area contributed by atoms with Gasteiger partial charge in [-0.1, -0.05) is 24.3 Å². The first-order valence-corrected chi connectivity index (χ1v) is 12.0. The van der Waals surface area contributed by atoms with Gasteiger partial charge in [0.1, 0.15) is 5.82 Å². The minimum absolute atomic E-state index is 0.0401. The van der Waals surface area contributed by atoms with Crippen LogP contribution in [0.15, 0.2) is 42.5 Å². The molecule has 0 spiro atoms. The van der Waals surface area contributed by atoms with Gasteiger partial charge in [0.05, 0.1) is 11.8 Å². The summed E-state index contributed by atoms with van der Waals surface area (Å²) in [6.07, 6.45) is -12.7. The highest BCUT2D eigenvalue weighted by Gasteiger charge is 2.71. The molecule has 2 aromatic carbocycles. The molecule has 3 amide bonds.